The van der Waals surface area contributed by atoms with E-state index in [1.165, 1.54) is 0 Å². The highest BCUT2D eigenvalue weighted by Gasteiger charge is 2.65. The number of carbonyl (C=O) groups excluding carboxylic acids is 2. The molecule has 2 saturated heterocycles. The third kappa shape index (κ3) is 1.63. The highest BCUT2D eigenvalue weighted by Crippen LogP contribution is 2.52. The van der Waals surface area contributed by atoms with Crippen LogP contribution in [0.15, 0.2) is 42.5 Å². The van der Waals surface area contributed by atoms with E-state index in [1.54, 1.807) is 11.0 Å². The van der Waals surface area contributed by atoms with Gasteiger partial charge in [-0.25, -0.2) is 0 Å². The third-order valence-electron chi connectivity index (χ3n) is 5.15. The number of carbonyl (C=O) groups is 2. The molecule has 1 spiro atoms. The van der Waals surface area contributed by atoms with Crippen molar-refractivity contribution >= 4 is 11.9 Å². The Kier molecular flexibility index (Phi) is 2.72. The Morgan fingerprint density at radius 1 is 1.41 bits per heavy atom. The quantitative estimate of drug-likeness (QED) is 0.752. The molecule has 0 radical (unpaired) electrons. The van der Waals surface area contributed by atoms with E-state index in [-0.39, 0.29) is 11.9 Å². The van der Waals surface area contributed by atoms with E-state index >= 15 is 0 Å². The summed E-state index contributed by atoms with van der Waals surface area (Å²) in [5.74, 6) is -2.91. The van der Waals surface area contributed by atoms with E-state index in [2.05, 4.69) is 0 Å². The fourth-order valence-corrected chi connectivity index (χ4v) is 4.04. The smallest absolute Gasteiger partial charge is 0.230 e. The molecule has 3 aliphatic rings. The fraction of sp³-hybridized carbons (Fsp3) is 0.412. The first kappa shape index (κ1) is 13.5. The Bertz CT molecular complexity index is 670. The second-order valence-electron chi connectivity index (χ2n) is 6.27. The van der Waals surface area contributed by atoms with Gasteiger partial charge in [-0.3, -0.25) is 4.79 Å². The number of carboxylic acid groups (broad SMARTS) is 1. The third-order valence-corrected chi connectivity index (χ3v) is 5.15. The van der Waals surface area contributed by atoms with Gasteiger partial charge in [0, 0.05) is 11.9 Å². The van der Waals surface area contributed by atoms with Gasteiger partial charge in [-0.15, -0.1) is 0 Å². The molecule has 5 atom stereocenters. The second-order valence-corrected chi connectivity index (χ2v) is 6.27. The summed E-state index contributed by atoms with van der Waals surface area (Å²) in [5, 5.41) is 11.4. The number of carboxylic acids is 1. The van der Waals surface area contributed by atoms with Gasteiger partial charge in [0.2, 0.25) is 5.91 Å². The molecule has 1 amide bonds. The molecular weight excluding hydrogens is 282 g/mol. The summed E-state index contributed by atoms with van der Waals surface area (Å²) < 4.78 is 5.85. The van der Waals surface area contributed by atoms with Gasteiger partial charge in [-0.2, -0.15) is 0 Å². The van der Waals surface area contributed by atoms with Crippen molar-refractivity contribution in [3.63, 3.8) is 0 Å². The lowest BCUT2D eigenvalue weighted by atomic mass is 9.77. The molecule has 0 saturated carbocycles. The van der Waals surface area contributed by atoms with Crippen molar-refractivity contribution in [2.24, 2.45) is 11.8 Å². The number of rotatable bonds is 3. The van der Waals surface area contributed by atoms with E-state index in [1.807, 2.05) is 43.3 Å². The predicted molar refractivity (Wildman–Crippen MR) is 75.3 cm³/mol. The lowest BCUT2D eigenvalue weighted by Gasteiger charge is -2.28. The van der Waals surface area contributed by atoms with Gasteiger partial charge in [0.05, 0.1) is 24.6 Å². The van der Waals surface area contributed by atoms with Gasteiger partial charge < -0.3 is 19.5 Å². The van der Waals surface area contributed by atoms with Crippen LogP contribution in [0.25, 0.3) is 0 Å². The van der Waals surface area contributed by atoms with Crippen molar-refractivity contribution in [2.75, 3.05) is 6.54 Å². The number of fused-ring (bicyclic) bond motifs is 1. The van der Waals surface area contributed by atoms with Gasteiger partial charge in [0.1, 0.15) is 5.60 Å². The van der Waals surface area contributed by atoms with Gasteiger partial charge in [0.15, 0.2) is 0 Å². The van der Waals surface area contributed by atoms with E-state index in [0.29, 0.717) is 6.54 Å². The minimum atomic E-state index is -1.20. The molecule has 0 aliphatic carbocycles. The highest BCUT2D eigenvalue weighted by atomic mass is 16.5. The Morgan fingerprint density at radius 3 is 2.82 bits per heavy atom. The summed E-state index contributed by atoms with van der Waals surface area (Å²) in [5.41, 5.74) is 0.228. The molecule has 1 aromatic rings. The van der Waals surface area contributed by atoms with E-state index in [4.69, 9.17) is 4.74 Å². The molecule has 1 aromatic carbocycles. The predicted octanol–water partition coefficient (Wildman–Crippen LogP) is 0.279. The maximum absolute atomic E-state index is 12.8. The molecule has 3 heterocycles. The van der Waals surface area contributed by atoms with Crippen molar-refractivity contribution in [3.05, 3.63) is 48.0 Å². The number of likely N-dealkylation sites (tertiary alicyclic amines) is 1. The topological polar surface area (TPSA) is 69.7 Å². The average Bonchev–Trinajstić information content (AvgIpc) is 3.15. The normalized spacial score (nSPS) is 36.7. The van der Waals surface area contributed by atoms with Crippen LogP contribution in [0, 0.1) is 11.8 Å². The molecule has 4 rings (SSSR count). The lowest BCUT2D eigenvalue weighted by Crippen LogP contribution is -2.45. The van der Waals surface area contributed by atoms with Crippen LogP contribution in [0.5, 0.6) is 0 Å². The Labute approximate surface area is 128 Å². The Balaban J connectivity index is 1.68. The molecule has 2 fully saturated rings. The van der Waals surface area contributed by atoms with Crippen molar-refractivity contribution in [1.82, 2.24) is 4.90 Å². The maximum Gasteiger partial charge on any atom is 0.230 e. The van der Waals surface area contributed by atoms with Crippen LogP contribution in [0.2, 0.25) is 0 Å². The largest absolute Gasteiger partial charge is 0.550 e. The van der Waals surface area contributed by atoms with Crippen LogP contribution < -0.4 is 5.11 Å². The minimum absolute atomic E-state index is 0.118. The molecule has 5 heteroatoms. The number of hydrogen-bond donors (Lipinski definition) is 0. The fourth-order valence-electron chi connectivity index (χ4n) is 4.04. The molecular formula is C17H16NO4-. The zero-order chi connectivity index (χ0) is 15.5. The Morgan fingerprint density at radius 2 is 2.14 bits per heavy atom. The summed E-state index contributed by atoms with van der Waals surface area (Å²) in [6.45, 7) is 2.35. The van der Waals surface area contributed by atoms with Crippen molar-refractivity contribution in [3.8, 4) is 0 Å². The monoisotopic (exact) mass is 298 g/mol. The minimum Gasteiger partial charge on any atom is -0.550 e. The van der Waals surface area contributed by atoms with Crippen LogP contribution in [0.3, 0.4) is 0 Å². The molecule has 3 aliphatic heterocycles. The summed E-state index contributed by atoms with van der Waals surface area (Å²) >= 11 is 0. The average molecular weight is 298 g/mol. The first-order chi connectivity index (χ1) is 10.5. The number of amides is 1. The molecule has 114 valence electrons. The van der Waals surface area contributed by atoms with Crippen LogP contribution in [0.4, 0.5) is 0 Å². The zero-order valence-electron chi connectivity index (χ0n) is 12.1. The van der Waals surface area contributed by atoms with Crippen LogP contribution in [0.1, 0.15) is 18.5 Å². The van der Waals surface area contributed by atoms with Gasteiger partial charge >= 0.3 is 0 Å². The van der Waals surface area contributed by atoms with Crippen molar-refractivity contribution < 1.29 is 19.4 Å². The van der Waals surface area contributed by atoms with Crippen molar-refractivity contribution in [2.45, 2.75) is 24.7 Å². The molecule has 0 N–H and O–H groups in total. The van der Waals surface area contributed by atoms with E-state index in [9.17, 15) is 14.7 Å². The summed E-state index contributed by atoms with van der Waals surface area (Å²) in [7, 11) is 0. The van der Waals surface area contributed by atoms with Crippen molar-refractivity contribution in [1.29, 1.82) is 0 Å². The summed E-state index contributed by atoms with van der Waals surface area (Å²) in [6.07, 6.45) is 3.08. The summed E-state index contributed by atoms with van der Waals surface area (Å²) in [4.78, 5) is 26.0. The van der Waals surface area contributed by atoms with Gasteiger partial charge in [0.25, 0.3) is 0 Å². The maximum atomic E-state index is 12.8. The first-order valence-corrected chi connectivity index (χ1v) is 7.47. The number of aliphatic carboxylic acids is 1. The summed E-state index contributed by atoms with van der Waals surface area (Å²) in [6, 6.07) is 9.60. The SMILES string of the molecule is C[C@H](c1ccccc1)N1C[C@@]23C=C[C@H](O2)[C@H](C(=O)[O-])[C@@H]3C1=O. The van der Waals surface area contributed by atoms with Crippen LogP contribution >= 0.6 is 0 Å². The lowest BCUT2D eigenvalue weighted by molar-refractivity contribution is -0.313. The van der Waals surface area contributed by atoms with E-state index < -0.39 is 29.5 Å². The molecule has 0 aromatic heterocycles. The number of hydrogen-bond acceptors (Lipinski definition) is 4. The van der Waals surface area contributed by atoms with Gasteiger partial charge in [-0.1, -0.05) is 42.5 Å². The highest BCUT2D eigenvalue weighted by molar-refractivity contribution is 5.90. The number of nitrogens with zero attached hydrogens (tertiary/aromatic N) is 1. The van der Waals surface area contributed by atoms with E-state index in [0.717, 1.165) is 5.56 Å². The number of ether oxygens (including phenoxy) is 1. The standard InChI is InChI=1S/C17H17NO4/c1-10(11-5-3-2-4-6-11)18-9-17-8-7-12(22-17)13(16(20)21)14(17)15(18)19/h2-8,10,12-14H,9H2,1H3,(H,20,21)/p-1/t10-,12+,13+,14-,17-/m1/s1. The number of benzene rings is 1. The Hall–Kier alpha value is -2.14. The molecule has 2 bridgehead atoms. The van der Waals surface area contributed by atoms with Gasteiger partial charge in [-0.05, 0) is 12.5 Å². The van der Waals surface area contributed by atoms with Crippen LogP contribution in [-0.4, -0.2) is 35.0 Å². The molecule has 22 heavy (non-hydrogen) atoms. The van der Waals surface area contributed by atoms with Crippen LogP contribution in [-0.2, 0) is 14.3 Å². The second kappa shape index (κ2) is 4.43. The molecule has 0 unspecified atom stereocenters. The first-order valence-electron chi connectivity index (χ1n) is 7.47. The zero-order valence-corrected chi connectivity index (χ0v) is 12.1. The molecule has 5 nitrogen and oxygen atoms in total.